The van der Waals surface area contributed by atoms with E-state index in [-0.39, 0.29) is 5.75 Å². The second-order valence-corrected chi connectivity index (χ2v) is 9.65. The first-order chi connectivity index (χ1) is 16.5. The van der Waals surface area contributed by atoms with Gasteiger partial charge in [0.2, 0.25) is 0 Å². The van der Waals surface area contributed by atoms with E-state index in [1.54, 1.807) is 18.2 Å². The molecule has 0 aliphatic carbocycles. The fraction of sp³-hybridized carbons (Fsp3) is 0.429. The first-order valence-electron chi connectivity index (χ1n) is 10.4. The van der Waals surface area contributed by atoms with E-state index in [4.69, 9.17) is 13.8 Å². The summed E-state index contributed by atoms with van der Waals surface area (Å²) < 4.78 is 35.8. The van der Waals surface area contributed by atoms with Crippen LogP contribution in [-0.4, -0.2) is 52.6 Å². The SMILES string of the molecule is COC(=O)[C@H](C)NP(=O)(OC[C@H]1O[C@@H](n2ccc(=O)[nH]c2=O)[C@](C)(C#N)C1O)Oc1ccccc1. The summed E-state index contributed by atoms with van der Waals surface area (Å²) in [4.78, 5) is 37.6. The van der Waals surface area contributed by atoms with Gasteiger partial charge in [-0.1, -0.05) is 18.2 Å². The Balaban J connectivity index is 1.85. The highest BCUT2D eigenvalue weighted by atomic mass is 31.2. The second kappa shape index (κ2) is 10.6. The Morgan fingerprint density at radius 2 is 2.06 bits per heavy atom. The molecule has 0 bridgehead atoms. The molecule has 1 aliphatic rings. The monoisotopic (exact) mass is 508 g/mol. The van der Waals surface area contributed by atoms with Gasteiger partial charge in [0.1, 0.15) is 29.4 Å². The number of carbonyl (C=O) groups excluding carboxylic acids is 1. The van der Waals surface area contributed by atoms with Crippen LogP contribution in [0.25, 0.3) is 0 Å². The Labute approximate surface area is 199 Å². The molecule has 1 aromatic heterocycles. The van der Waals surface area contributed by atoms with Crippen LogP contribution in [0, 0.1) is 16.7 Å². The number of aliphatic hydroxyl groups excluding tert-OH is 1. The van der Waals surface area contributed by atoms with Gasteiger partial charge in [-0.25, -0.2) is 9.36 Å². The Morgan fingerprint density at radius 3 is 2.66 bits per heavy atom. The minimum atomic E-state index is -4.24. The molecule has 3 N–H and O–H groups in total. The molecular formula is C21H25N4O9P. The van der Waals surface area contributed by atoms with Crippen LogP contribution in [0.3, 0.4) is 0 Å². The third-order valence-electron chi connectivity index (χ3n) is 5.41. The smallest absolute Gasteiger partial charge is 0.459 e. The Kier molecular flexibility index (Phi) is 7.94. The van der Waals surface area contributed by atoms with Crippen LogP contribution in [0.2, 0.25) is 0 Å². The number of hydrogen-bond acceptors (Lipinski definition) is 10. The van der Waals surface area contributed by atoms with E-state index >= 15 is 0 Å². The number of aromatic amines is 1. The lowest BCUT2D eigenvalue weighted by Gasteiger charge is -2.26. The van der Waals surface area contributed by atoms with Gasteiger partial charge in [0.25, 0.3) is 5.56 Å². The zero-order chi connectivity index (χ0) is 25.8. The van der Waals surface area contributed by atoms with Gasteiger partial charge in [-0.3, -0.25) is 23.7 Å². The number of nitrogens with one attached hydrogen (secondary N) is 2. The van der Waals surface area contributed by atoms with Crippen molar-refractivity contribution in [3.63, 3.8) is 0 Å². The maximum Gasteiger partial charge on any atom is 0.459 e. The molecule has 14 heteroatoms. The lowest BCUT2D eigenvalue weighted by molar-refractivity contribution is -0.142. The highest BCUT2D eigenvalue weighted by molar-refractivity contribution is 7.52. The first-order valence-corrected chi connectivity index (χ1v) is 12.0. The lowest BCUT2D eigenvalue weighted by Crippen LogP contribution is -2.41. The van der Waals surface area contributed by atoms with Crippen LogP contribution in [-0.2, 0) is 23.4 Å². The quantitative estimate of drug-likeness (QED) is 0.320. The Bertz CT molecular complexity index is 1260. The Hall–Kier alpha value is -3.27. The van der Waals surface area contributed by atoms with Gasteiger partial charge in [-0.15, -0.1) is 0 Å². The summed E-state index contributed by atoms with van der Waals surface area (Å²) >= 11 is 0. The van der Waals surface area contributed by atoms with Crippen molar-refractivity contribution in [1.29, 1.82) is 5.26 Å². The van der Waals surface area contributed by atoms with Gasteiger partial charge >= 0.3 is 19.4 Å². The maximum absolute atomic E-state index is 13.5. The molecule has 13 nitrogen and oxygen atoms in total. The molecule has 2 unspecified atom stereocenters. The third-order valence-corrected chi connectivity index (χ3v) is 7.06. The topological polar surface area (TPSA) is 182 Å². The summed E-state index contributed by atoms with van der Waals surface area (Å²) in [6.45, 7) is 2.22. The van der Waals surface area contributed by atoms with Crippen LogP contribution in [0.1, 0.15) is 20.1 Å². The average molecular weight is 508 g/mol. The summed E-state index contributed by atoms with van der Waals surface area (Å²) in [6.07, 6.45) is -2.87. The van der Waals surface area contributed by atoms with Gasteiger partial charge in [-0.2, -0.15) is 10.3 Å². The second-order valence-electron chi connectivity index (χ2n) is 7.96. The number of nitrogens with zero attached hydrogens (tertiary/aromatic N) is 2. The van der Waals surface area contributed by atoms with Crippen LogP contribution in [0.5, 0.6) is 5.75 Å². The number of benzene rings is 1. The van der Waals surface area contributed by atoms with Gasteiger partial charge in [0.05, 0.1) is 19.8 Å². The minimum absolute atomic E-state index is 0.174. The summed E-state index contributed by atoms with van der Waals surface area (Å²) in [5.74, 6) is -0.551. The number of H-pyrrole nitrogens is 1. The minimum Gasteiger partial charge on any atom is -0.468 e. The van der Waals surface area contributed by atoms with Crippen molar-refractivity contribution in [2.24, 2.45) is 5.41 Å². The molecule has 0 saturated carbocycles. The number of ether oxygens (including phenoxy) is 2. The zero-order valence-electron chi connectivity index (χ0n) is 19.1. The fourth-order valence-corrected chi connectivity index (χ4v) is 4.98. The molecule has 0 radical (unpaired) electrons. The number of aliphatic hydroxyl groups is 1. The molecule has 2 aromatic rings. The van der Waals surface area contributed by atoms with Crippen LogP contribution >= 0.6 is 7.75 Å². The number of nitriles is 1. The normalized spacial score (nSPS) is 26.3. The van der Waals surface area contributed by atoms with Gasteiger partial charge in [0.15, 0.2) is 6.23 Å². The van der Waals surface area contributed by atoms with E-state index in [9.17, 15) is 29.3 Å². The molecule has 6 atom stereocenters. The van der Waals surface area contributed by atoms with Crippen molar-refractivity contribution in [3.05, 3.63) is 63.4 Å². The first kappa shape index (κ1) is 26.3. The third kappa shape index (κ3) is 5.70. The molecular weight excluding hydrogens is 483 g/mol. The van der Waals surface area contributed by atoms with E-state index < -0.39 is 61.5 Å². The molecule has 1 saturated heterocycles. The zero-order valence-corrected chi connectivity index (χ0v) is 20.0. The molecule has 3 rings (SSSR count). The van der Waals surface area contributed by atoms with E-state index in [2.05, 4.69) is 14.8 Å². The maximum atomic E-state index is 13.5. The van der Waals surface area contributed by atoms with Crippen molar-refractivity contribution < 1.29 is 33.0 Å². The van der Waals surface area contributed by atoms with Crippen molar-refractivity contribution in [2.75, 3.05) is 13.7 Å². The number of esters is 1. The summed E-state index contributed by atoms with van der Waals surface area (Å²) in [5.41, 5.74) is -3.12. The molecule has 188 valence electrons. The van der Waals surface area contributed by atoms with Crippen molar-refractivity contribution in [2.45, 2.75) is 38.3 Å². The number of methoxy groups -OCH3 is 1. The molecule has 0 amide bonds. The molecule has 1 fully saturated rings. The standard InChI is InChI=1S/C21H25N4O9P/c1-13(18(28)31-3)24-35(30,34-14-7-5-4-6-8-14)32-11-15-17(27)21(2,12-22)19(33-15)25-10-9-16(26)23-20(25)29/h4-10,13,15,17,19,27H,11H2,1-3H3,(H,24,30)(H,23,26,29)/t13-,15+,17?,19+,21+,35?/m0/s1. The predicted molar refractivity (Wildman–Crippen MR) is 120 cm³/mol. The number of para-hydroxylation sites is 1. The molecule has 1 aliphatic heterocycles. The highest BCUT2D eigenvalue weighted by Crippen LogP contribution is 2.48. The molecule has 1 aromatic carbocycles. The summed E-state index contributed by atoms with van der Waals surface area (Å²) in [6, 6.07) is 9.96. The number of carbonyl (C=O) groups is 1. The van der Waals surface area contributed by atoms with E-state index in [1.165, 1.54) is 26.0 Å². The predicted octanol–water partition coefficient (Wildman–Crippen LogP) is 0.680. The van der Waals surface area contributed by atoms with Crippen LogP contribution in [0.15, 0.2) is 52.2 Å². The Morgan fingerprint density at radius 1 is 1.37 bits per heavy atom. The largest absolute Gasteiger partial charge is 0.468 e. The van der Waals surface area contributed by atoms with Crippen molar-refractivity contribution in [1.82, 2.24) is 14.6 Å². The lowest BCUT2D eigenvalue weighted by atomic mass is 9.84. The van der Waals surface area contributed by atoms with Crippen LogP contribution in [0.4, 0.5) is 0 Å². The summed E-state index contributed by atoms with van der Waals surface area (Å²) in [7, 11) is -3.08. The van der Waals surface area contributed by atoms with E-state index in [1.807, 2.05) is 6.07 Å². The van der Waals surface area contributed by atoms with Gasteiger partial charge in [0, 0.05) is 12.3 Å². The summed E-state index contributed by atoms with van der Waals surface area (Å²) in [5, 5.41) is 23.1. The molecule has 2 heterocycles. The van der Waals surface area contributed by atoms with Crippen molar-refractivity contribution in [3.8, 4) is 11.8 Å². The van der Waals surface area contributed by atoms with E-state index in [0.29, 0.717) is 0 Å². The average Bonchev–Trinajstić information content (AvgIpc) is 3.08. The van der Waals surface area contributed by atoms with Gasteiger partial charge < -0.3 is 19.1 Å². The number of aromatic nitrogens is 2. The number of rotatable bonds is 9. The van der Waals surface area contributed by atoms with Crippen molar-refractivity contribution >= 4 is 13.7 Å². The van der Waals surface area contributed by atoms with Gasteiger partial charge in [-0.05, 0) is 26.0 Å². The highest BCUT2D eigenvalue weighted by Gasteiger charge is 2.55. The van der Waals surface area contributed by atoms with E-state index in [0.717, 1.165) is 23.9 Å². The number of hydrogen-bond donors (Lipinski definition) is 3. The molecule has 35 heavy (non-hydrogen) atoms. The molecule has 0 spiro atoms. The fourth-order valence-electron chi connectivity index (χ4n) is 3.48. The van der Waals surface area contributed by atoms with Crippen LogP contribution < -0.4 is 20.9 Å².